The lowest BCUT2D eigenvalue weighted by molar-refractivity contribution is -0.121. The van der Waals surface area contributed by atoms with Gasteiger partial charge >= 0.3 is 12.2 Å². The van der Waals surface area contributed by atoms with Gasteiger partial charge in [-0.25, -0.2) is 9.59 Å². The van der Waals surface area contributed by atoms with Gasteiger partial charge in [0.25, 0.3) is 5.91 Å². The summed E-state index contributed by atoms with van der Waals surface area (Å²) in [4.78, 5) is 49.4. The van der Waals surface area contributed by atoms with E-state index in [0.717, 1.165) is 0 Å². The average molecular weight is 450 g/mol. The number of alkyl carbamates (subject to hydrolysis) is 1. The summed E-state index contributed by atoms with van der Waals surface area (Å²) >= 11 is 0. The maximum Gasteiger partial charge on any atom is 0.513 e. The monoisotopic (exact) mass is 449 g/mol. The highest BCUT2D eigenvalue weighted by Gasteiger charge is 2.25. The molecule has 0 saturated carbocycles. The van der Waals surface area contributed by atoms with E-state index in [9.17, 15) is 19.2 Å². The van der Waals surface area contributed by atoms with Crippen molar-refractivity contribution >= 4 is 24.1 Å². The third-order valence-corrected chi connectivity index (χ3v) is 4.50. The first kappa shape index (κ1) is 25.0. The molecule has 0 aromatic heterocycles. The number of ether oxygens (including phenoxy) is 3. The Bertz CT molecular complexity index is 810. The Morgan fingerprint density at radius 3 is 2.25 bits per heavy atom. The summed E-state index contributed by atoms with van der Waals surface area (Å²) in [5.41, 5.74) is -0.154. The number of likely N-dealkylation sites (tertiary alicyclic amines) is 1. The summed E-state index contributed by atoms with van der Waals surface area (Å²) in [6, 6.07) is 6.18. The Kier molecular flexibility index (Phi) is 8.86. The number of amides is 3. The SMILES string of the molecule is CCOC(=O)Oc1ccc(C(=O)N2CCC(NC(=O)CNC(=O)OC(C)(C)C)CC2)cc1. The summed E-state index contributed by atoms with van der Waals surface area (Å²) in [5, 5.41) is 5.29. The number of benzene rings is 1. The van der Waals surface area contributed by atoms with E-state index in [0.29, 0.717) is 37.2 Å². The molecule has 1 saturated heterocycles. The summed E-state index contributed by atoms with van der Waals surface area (Å²) in [6.07, 6.45) is -0.231. The van der Waals surface area contributed by atoms with Crippen molar-refractivity contribution in [3.63, 3.8) is 0 Å². The molecule has 32 heavy (non-hydrogen) atoms. The Morgan fingerprint density at radius 1 is 1.06 bits per heavy atom. The number of hydrogen-bond acceptors (Lipinski definition) is 7. The van der Waals surface area contributed by atoms with Crippen LogP contribution in [0.5, 0.6) is 5.75 Å². The summed E-state index contributed by atoms with van der Waals surface area (Å²) in [5.74, 6) is -0.150. The number of rotatable bonds is 6. The Balaban J connectivity index is 1.75. The molecule has 0 atom stereocenters. The van der Waals surface area contributed by atoms with E-state index in [1.165, 1.54) is 12.1 Å². The van der Waals surface area contributed by atoms with Gasteiger partial charge in [-0.15, -0.1) is 0 Å². The number of carbonyl (C=O) groups excluding carboxylic acids is 4. The quantitative estimate of drug-likeness (QED) is 0.505. The van der Waals surface area contributed by atoms with Gasteiger partial charge in [0, 0.05) is 24.7 Å². The van der Waals surface area contributed by atoms with Crippen molar-refractivity contribution in [1.82, 2.24) is 15.5 Å². The van der Waals surface area contributed by atoms with Crippen LogP contribution in [0.4, 0.5) is 9.59 Å². The van der Waals surface area contributed by atoms with Gasteiger partial charge in [0.05, 0.1) is 6.61 Å². The molecule has 0 spiro atoms. The molecule has 0 bridgehead atoms. The van der Waals surface area contributed by atoms with E-state index in [-0.39, 0.29) is 31.0 Å². The number of nitrogens with zero attached hydrogens (tertiary/aromatic N) is 1. The second-order valence-corrected chi connectivity index (χ2v) is 8.30. The number of piperidine rings is 1. The van der Waals surface area contributed by atoms with E-state index >= 15 is 0 Å². The molecule has 1 aromatic rings. The number of nitrogens with one attached hydrogen (secondary N) is 2. The predicted molar refractivity (Wildman–Crippen MR) is 115 cm³/mol. The third kappa shape index (κ3) is 8.44. The van der Waals surface area contributed by atoms with E-state index in [2.05, 4.69) is 10.6 Å². The van der Waals surface area contributed by atoms with Gasteiger partial charge in [0.15, 0.2) is 0 Å². The molecule has 2 N–H and O–H groups in total. The fourth-order valence-electron chi connectivity index (χ4n) is 3.06. The molecule has 10 heteroatoms. The van der Waals surface area contributed by atoms with Crippen molar-refractivity contribution < 1.29 is 33.4 Å². The fourth-order valence-corrected chi connectivity index (χ4v) is 3.06. The van der Waals surface area contributed by atoms with Crippen LogP contribution in [0.3, 0.4) is 0 Å². The lowest BCUT2D eigenvalue weighted by Crippen LogP contribution is -2.49. The topological polar surface area (TPSA) is 123 Å². The van der Waals surface area contributed by atoms with Gasteiger partial charge in [0.1, 0.15) is 17.9 Å². The van der Waals surface area contributed by atoms with E-state index in [1.807, 2.05) is 0 Å². The lowest BCUT2D eigenvalue weighted by Gasteiger charge is -2.32. The molecule has 0 radical (unpaired) electrons. The van der Waals surface area contributed by atoms with Crippen molar-refractivity contribution in [3.05, 3.63) is 29.8 Å². The normalized spacial score (nSPS) is 14.3. The van der Waals surface area contributed by atoms with Crippen molar-refractivity contribution in [2.45, 2.75) is 52.2 Å². The Labute approximate surface area is 187 Å². The molecular formula is C22H31N3O7. The first-order valence-corrected chi connectivity index (χ1v) is 10.6. The largest absolute Gasteiger partial charge is 0.513 e. The molecule has 0 aliphatic carbocycles. The highest BCUT2D eigenvalue weighted by molar-refractivity contribution is 5.94. The molecule has 1 heterocycles. The van der Waals surface area contributed by atoms with Crippen molar-refractivity contribution in [3.8, 4) is 5.75 Å². The number of carbonyl (C=O) groups is 4. The first-order valence-electron chi connectivity index (χ1n) is 10.6. The van der Waals surface area contributed by atoms with Crippen LogP contribution in [0.1, 0.15) is 50.9 Å². The minimum absolute atomic E-state index is 0.0765. The maximum atomic E-state index is 12.7. The van der Waals surface area contributed by atoms with Gasteiger partial charge in [0.2, 0.25) is 5.91 Å². The smallest absolute Gasteiger partial charge is 0.444 e. The summed E-state index contributed by atoms with van der Waals surface area (Å²) in [7, 11) is 0. The molecule has 1 fully saturated rings. The fraction of sp³-hybridized carbons (Fsp3) is 0.545. The zero-order chi connectivity index (χ0) is 23.7. The zero-order valence-corrected chi connectivity index (χ0v) is 18.9. The Morgan fingerprint density at radius 2 is 1.69 bits per heavy atom. The second-order valence-electron chi connectivity index (χ2n) is 8.30. The minimum Gasteiger partial charge on any atom is -0.444 e. The molecule has 1 aromatic carbocycles. The van der Waals surface area contributed by atoms with Gasteiger partial charge in [-0.1, -0.05) is 0 Å². The van der Waals surface area contributed by atoms with Crippen molar-refractivity contribution in [2.75, 3.05) is 26.2 Å². The summed E-state index contributed by atoms with van der Waals surface area (Å²) < 4.78 is 14.8. The van der Waals surface area contributed by atoms with Crippen LogP contribution in [0.2, 0.25) is 0 Å². The van der Waals surface area contributed by atoms with Crippen LogP contribution in [-0.2, 0) is 14.3 Å². The third-order valence-electron chi connectivity index (χ3n) is 4.50. The highest BCUT2D eigenvalue weighted by atomic mass is 16.7. The van der Waals surface area contributed by atoms with Crippen molar-refractivity contribution in [1.29, 1.82) is 0 Å². The molecular weight excluding hydrogens is 418 g/mol. The number of hydrogen-bond donors (Lipinski definition) is 2. The first-order chi connectivity index (χ1) is 15.1. The standard InChI is InChI=1S/C22H31N3O7/c1-5-30-21(29)31-17-8-6-15(7-9-17)19(27)25-12-10-16(11-13-25)24-18(26)14-23-20(28)32-22(2,3)4/h6-9,16H,5,10-14H2,1-4H3,(H,23,28)(H,24,26). The molecule has 3 amide bonds. The van der Waals surface area contributed by atoms with Gasteiger partial charge in [-0.05, 0) is 64.8 Å². The predicted octanol–water partition coefficient (Wildman–Crippen LogP) is 2.47. The lowest BCUT2D eigenvalue weighted by atomic mass is 10.0. The Hall–Kier alpha value is -3.30. The molecule has 0 unspecified atom stereocenters. The molecule has 10 nitrogen and oxygen atoms in total. The minimum atomic E-state index is -0.794. The van der Waals surface area contributed by atoms with Crippen LogP contribution in [-0.4, -0.2) is 66.8 Å². The van der Waals surface area contributed by atoms with Gasteiger partial charge in [-0.2, -0.15) is 0 Å². The van der Waals surface area contributed by atoms with E-state index in [1.54, 1.807) is 44.7 Å². The van der Waals surface area contributed by atoms with Gasteiger partial charge < -0.3 is 29.7 Å². The highest BCUT2D eigenvalue weighted by Crippen LogP contribution is 2.17. The maximum absolute atomic E-state index is 12.7. The zero-order valence-electron chi connectivity index (χ0n) is 18.9. The van der Waals surface area contributed by atoms with Crippen LogP contribution in [0, 0.1) is 0 Å². The van der Waals surface area contributed by atoms with Crippen LogP contribution in [0.15, 0.2) is 24.3 Å². The molecule has 2 rings (SSSR count). The van der Waals surface area contributed by atoms with Gasteiger partial charge in [-0.3, -0.25) is 9.59 Å². The van der Waals surface area contributed by atoms with Crippen LogP contribution < -0.4 is 15.4 Å². The molecule has 1 aliphatic heterocycles. The summed E-state index contributed by atoms with van der Waals surface area (Å²) in [6.45, 7) is 7.93. The second kappa shape index (κ2) is 11.4. The van der Waals surface area contributed by atoms with Crippen molar-refractivity contribution in [2.24, 2.45) is 0 Å². The van der Waals surface area contributed by atoms with Crippen LogP contribution >= 0.6 is 0 Å². The van der Waals surface area contributed by atoms with Crippen LogP contribution in [0.25, 0.3) is 0 Å². The van der Waals surface area contributed by atoms with E-state index < -0.39 is 17.8 Å². The van der Waals surface area contributed by atoms with E-state index in [4.69, 9.17) is 14.2 Å². The molecule has 1 aliphatic rings. The molecule has 176 valence electrons. The average Bonchev–Trinajstić information content (AvgIpc) is 2.72.